The normalized spacial score (nSPS) is 33.0. The van der Waals surface area contributed by atoms with E-state index in [-0.39, 0.29) is 0 Å². The van der Waals surface area contributed by atoms with Crippen LogP contribution in [0, 0.1) is 0 Å². The van der Waals surface area contributed by atoms with Gasteiger partial charge >= 0.3 is 56.9 Å². The molecule has 1 heterocycles. The van der Waals surface area contributed by atoms with Crippen LogP contribution in [-0.2, 0) is 0 Å². The van der Waals surface area contributed by atoms with Gasteiger partial charge in [-0.05, 0) is 0 Å². The van der Waals surface area contributed by atoms with Crippen LogP contribution in [0.25, 0.3) is 0 Å². The van der Waals surface area contributed by atoms with Crippen molar-refractivity contribution in [3.05, 3.63) is 0 Å². The second-order valence-electron chi connectivity index (χ2n) is 1.76. The number of hydrogen-bond acceptors (Lipinski definition) is 2. The van der Waals surface area contributed by atoms with Gasteiger partial charge in [0, 0.05) is 0 Å². The zero-order valence-corrected chi connectivity index (χ0v) is 7.57. The van der Waals surface area contributed by atoms with E-state index in [1.54, 1.807) is 0 Å². The van der Waals surface area contributed by atoms with E-state index in [9.17, 15) is 0 Å². The quantitative estimate of drug-likeness (QED) is 0.465. The van der Waals surface area contributed by atoms with Crippen molar-refractivity contribution in [3.63, 3.8) is 0 Å². The van der Waals surface area contributed by atoms with Crippen molar-refractivity contribution in [1.82, 2.24) is 10.6 Å². The van der Waals surface area contributed by atoms with E-state index in [2.05, 4.69) is 10.6 Å². The molecule has 0 aromatic heterocycles. The van der Waals surface area contributed by atoms with Crippen LogP contribution in [0.1, 0.15) is 0 Å². The molecular formula is C4H10N2Sn. The van der Waals surface area contributed by atoms with E-state index in [0.717, 1.165) is 17.1 Å². The molecule has 3 heteroatoms. The van der Waals surface area contributed by atoms with Crippen LogP contribution in [0.4, 0.5) is 0 Å². The topological polar surface area (TPSA) is 24.1 Å². The summed E-state index contributed by atoms with van der Waals surface area (Å²) < 4.78 is 0.805. The molecule has 7 heavy (non-hydrogen) atoms. The van der Waals surface area contributed by atoms with Gasteiger partial charge in [0.2, 0.25) is 0 Å². The van der Waals surface area contributed by atoms with Gasteiger partial charge in [-0.2, -0.15) is 0 Å². The van der Waals surface area contributed by atoms with Crippen molar-refractivity contribution >= 4 is 22.5 Å². The number of rotatable bonds is 0. The summed E-state index contributed by atoms with van der Waals surface area (Å²) in [5, 5.41) is 6.68. The van der Waals surface area contributed by atoms with Crippen LogP contribution in [0.5, 0.6) is 0 Å². The van der Waals surface area contributed by atoms with Crippen LogP contribution < -0.4 is 10.6 Å². The maximum atomic E-state index is 3.38. The summed E-state index contributed by atoms with van der Waals surface area (Å²) >= 11 is 1.34. The van der Waals surface area contributed by atoms with Crippen LogP contribution in [0.2, 0.25) is 0 Å². The van der Waals surface area contributed by atoms with Crippen molar-refractivity contribution in [2.24, 2.45) is 0 Å². The molecular weight excluding hydrogens is 195 g/mol. The molecule has 0 aromatic carbocycles. The second-order valence-corrected chi connectivity index (χ2v) is 4.06. The van der Waals surface area contributed by atoms with Crippen molar-refractivity contribution in [3.8, 4) is 0 Å². The van der Waals surface area contributed by atoms with Gasteiger partial charge in [-0.3, -0.25) is 0 Å². The molecule has 0 aliphatic carbocycles. The van der Waals surface area contributed by atoms with Gasteiger partial charge in [0.15, 0.2) is 0 Å². The Kier molecular flexibility index (Phi) is 2.41. The summed E-state index contributed by atoms with van der Waals surface area (Å²) in [7, 11) is 0. The van der Waals surface area contributed by atoms with Crippen LogP contribution in [-0.4, -0.2) is 46.2 Å². The van der Waals surface area contributed by atoms with E-state index in [0.29, 0.717) is 0 Å². The summed E-state index contributed by atoms with van der Waals surface area (Å²) in [6.45, 7) is 3.49. The van der Waals surface area contributed by atoms with Gasteiger partial charge in [0.05, 0.1) is 0 Å². The van der Waals surface area contributed by atoms with E-state index < -0.39 is 0 Å². The van der Waals surface area contributed by atoms with Crippen molar-refractivity contribution in [2.75, 3.05) is 19.6 Å². The monoisotopic (exact) mass is 206 g/mol. The maximum absolute atomic E-state index is 3.38. The first kappa shape index (κ1) is 5.85. The van der Waals surface area contributed by atoms with Crippen molar-refractivity contribution in [2.45, 2.75) is 4.06 Å². The van der Waals surface area contributed by atoms with Gasteiger partial charge in [-0.1, -0.05) is 0 Å². The van der Waals surface area contributed by atoms with Crippen LogP contribution >= 0.6 is 0 Å². The first-order valence-corrected chi connectivity index (χ1v) is 4.49. The van der Waals surface area contributed by atoms with Crippen molar-refractivity contribution < 1.29 is 0 Å². The Morgan fingerprint density at radius 2 is 2.29 bits per heavy atom. The van der Waals surface area contributed by atoms with Gasteiger partial charge in [-0.15, -0.1) is 0 Å². The SMILES string of the molecule is [SnH][CH]1CNCCN1. The number of piperazine rings is 1. The Morgan fingerprint density at radius 1 is 1.43 bits per heavy atom. The molecule has 1 saturated heterocycles. The molecule has 0 bridgehead atoms. The standard InChI is InChI=1S/C4H9N2.Sn.H/c1-2-6-4-3-5-1;;/h1,5-6H,2-4H2;;. The van der Waals surface area contributed by atoms with Gasteiger partial charge in [0.1, 0.15) is 0 Å². The van der Waals surface area contributed by atoms with Crippen molar-refractivity contribution in [1.29, 1.82) is 0 Å². The predicted octanol–water partition coefficient (Wildman–Crippen LogP) is -1.59. The van der Waals surface area contributed by atoms with Crippen LogP contribution in [0.15, 0.2) is 0 Å². The summed E-state index contributed by atoms with van der Waals surface area (Å²) in [6, 6.07) is 0. The minimum absolute atomic E-state index is 0.805. The molecule has 1 unspecified atom stereocenters. The molecule has 1 atom stereocenters. The van der Waals surface area contributed by atoms with Gasteiger partial charge in [0.25, 0.3) is 0 Å². The summed E-state index contributed by atoms with van der Waals surface area (Å²) in [5.74, 6) is 0. The first-order valence-electron chi connectivity index (χ1n) is 2.59. The zero-order chi connectivity index (χ0) is 5.11. The third-order valence-electron chi connectivity index (χ3n) is 1.07. The minimum atomic E-state index is 0.805. The fourth-order valence-corrected chi connectivity index (χ4v) is 1.63. The number of hydrogen-bond donors (Lipinski definition) is 2. The van der Waals surface area contributed by atoms with E-state index in [1.165, 1.54) is 29.1 Å². The summed E-state index contributed by atoms with van der Waals surface area (Å²) in [4.78, 5) is 0. The average Bonchev–Trinajstić information content (AvgIpc) is 1.69. The molecule has 1 aliphatic rings. The van der Waals surface area contributed by atoms with Gasteiger partial charge < -0.3 is 0 Å². The Balaban J connectivity index is 2.12. The Morgan fingerprint density at radius 3 is 2.57 bits per heavy atom. The van der Waals surface area contributed by atoms with E-state index >= 15 is 0 Å². The second kappa shape index (κ2) is 2.89. The predicted molar refractivity (Wildman–Crippen MR) is 31.8 cm³/mol. The molecule has 0 amide bonds. The molecule has 1 rings (SSSR count). The molecule has 2 N–H and O–H groups in total. The number of nitrogens with one attached hydrogen (secondary N) is 2. The third kappa shape index (κ3) is 1.97. The zero-order valence-electron chi connectivity index (χ0n) is 4.28. The molecule has 0 saturated carbocycles. The average molecular weight is 205 g/mol. The third-order valence-corrected chi connectivity index (χ3v) is 2.42. The molecule has 40 valence electrons. The first-order chi connectivity index (χ1) is 3.39. The molecule has 2 nitrogen and oxygen atoms in total. The Labute approximate surface area is 57.1 Å². The Bertz CT molecular complexity index is 51.7. The molecule has 1 fully saturated rings. The summed E-state index contributed by atoms with van der Waals surface area (Å²) in [6.07, 6.45) is 0. The Hall–Kier alpha value is 0.719. The van der Waals surface area contributed by atoms with Gasteiger partial charge in [-0.25, -0.2) is 0 Å². The molecule has 2 radical (unpaired) electrons. The fraction of sp³-hybridized carbons (Fsp3) is 1.00. The molecule has 1 aliphatic heterocycles. The van der Waals surface area contributed by atoms with E-state index in [4.69, 9.17) is 0 Å². The van der Waals surface area contributed by atoms with Crippen LogP contribution in [0.3, 0.4) is 0 Å². The summed E-state index contributed by atoms with van der Waals surface area (Å²) in [5.41, 5.74) is 0. The molecule has 0 aromatic rings. The van der Waals surface area contributed by atoms with E-state index in [1.807, 2.05) is 0 Å². The molecule has 0 spiro atoms. The fourth-order valence-electron chi connectivity index (χ4n) is 0.676.